The molecule has 0 aliphatic carbocycles. The van der Waals surface area contributed by atoms with Crippen molar-refractivity contribution in [3.8, 4) is 44.5 Å². The summed E-state index contributed by atoms with van der Waals surface area (Å²) in [6, 6.07) is 66.6. The zero-order valence-electron chi connectivity index (χ0n) is 35.4. The van der Waals surface area contributed by atoms with Gasteiger partial charge >= 0.3 is 0 Å². The van der Waals surface area contributed by atoms with Gasteiger partial charge in [-0.2, -0.15) is 0 Å². The topological polar surface area (TPSA) is 16.4 Å². The van der Waals surface area contributed by atoms with Crippen molar-refractivity contribution in [1.29, 1.82) is 0 Å². The lowest BCUT2D eigenvalue weighted by atomic mass is 9.94. The van der Waals surface area contributed by atoms with E-state index >= 15 is 0 Å². The van der Waals surface area contributed by atoms with Gasteiger partial charge in [0, 0.05) is 33.1 Å². The molecule has 0 saturated heterocycles. The predicted octanol–water partition coefficient (Wildman–Crippen LogP) is 16.0. The molecule has 1 heterocycles. The van der Waals surface area contributed by atoms with Crippen LogP contribution in [0.3, 0.4) is 0 Å². The Balaban J connectivity index is 1.12. The summed E-state index contributed by atoms with van der Waals surface area (Å²) in [5.74, 6) is 0. The van der Waals surface area contributed by atoms with E-state index in [-0.39, 0.29) is 35.4 Å². The lowest BCUT2D eigenvalue weighted by Gasteiger charge is -2.28. The summed E-state index contributed by atoms with van der Waals surface area (Å²) in [6.07, 6.45) is 0. The molecule has 0 N–H and O–H groups in total. The Labute approximate surface area is 343 Å². The van der Waals surface area contributed by atoms with Crippen molar-refractivity contribution in [2.24, 2.45) is 0 Å². The molecule has 0 aliphatic rings. The first-order chi connectivity index (χ1) is 30.4. The number of para-hydroxylation sites is 2. The molecular weight excluding hydrogens is 703 g/mol. The van der Waals surface area contributed by atoms with E-state index in [0.717, 1.165) is 71.5 Å². The van der Waals surface area contributed by atoms with Gasteiger partial charge in [0.2, 0.25) is 0 Å². The van der Waals surface area contributed by atoms with Crippen molar-refractivity contribution in [3.05, 3.63) is 224 Å². The molecule has 11 rings (SSSR count). The molecule has 2 nitrogen and oxygen atoms in total. The third kappa shape index (κ3) is 5.91. The number of benzene rings is 10. The van der Waals surface area contributed by atoms with E-state index in [1.165, 1.54) is 5.39 Å². The van der Waals surface area contributed by atoms with Crippen LogP contribution in [0.4, 0.5) is 17.1 Å². The second-order valence-electron chi connectivity index (χ2n) is 14.6. The monoisotopic (exact) mass is 743 g/mol. The summed E-state index contributed by atoms with van der Waals surface area (Å²) in [4.78, 5) is 1.89. The van der Waals surface area contributed by atoms with Gasteiger partial charge < -0.3 is 9.32 Å². The normalized spacial score (nSPS) is 12.4. The summed E-state index contributed by atoms with van der Waals surface area (Å²) in [5, 5.41) is 6.35. The van der Waals surface area contributed by atoms with Crippen LogP contribution in [0.25, 0.3) is 88.0 Å². The Morgan fingerprint density at radius 2 is 0.948 bits per heavy atom. The molecule has 11 aromatic rings. The quantitative estimate of drug-likeness (QED) is 0.162. The fraction of sp³-hybridized carbons (Fsp3) is 0. The molecule has 272 valence electrons. The summed E-state index contributed by atoms with van der Waals surface area (Å²) < 4.78 is 45.0. The largest absolute Gasteiger partial charge is 0.455 e. The second-order valence-corrected chi connectivity index (χ2v) is 14.6. The van der Waals surface area contributed by atoms with Gasteiger partial charge in [-0.25, -0.2) is 0 Å². The summed E-state index contributed by atoms with van der Waals surface area (Å²) in [5.41, 5.74) is 9.93. The molecule has 2 heteroatoms. The van der Waals surface area contributed by atoms with E-state index in [1.54, 1.807) is 0 Å². The van der Waals surface area contributed by atoms with Crippen LogP contribution < -0.4 is 4.90 Å². The minimum Gasteiger partial charge on any atom is -0.455 e. The maximum atomic E-state index is 9.71. The fourth-order valence-corrected chi connectivity index (χ4v) is 8.26. The molecular formula is C56H37NO. The molecule has 0 saturated carbocycles. The van der Waals surface area contributed by atoms with Crippen LogP contribution in [-0.4, -0.2) is 0 Å². The molecule has 0 unspecified atom stereocenters. The molecule has 0 aliphatic heterocycles. The van der Waals surface area contributed by atoms with Crippen LogP contribution in [-0.2, 0) is 0 Å². The van der Waals surface area contributed by atoms with E-state index < -0.39 is 0 Å². The van der Waals surface area contributed by atoms with Gasteiger partial charge in [-0.3, -0.25) is 0 Å². The van der Waals surface area contributed by atoms with Crippen molar-refractivity contribution < 1.29 is 9.90 Å². The molecule has 0 bridgehead atoms. The molecule has 10 aromatic carbocycles. The van der Waals surface area contributed by atoms with Crippen molar-refractivity contribution >= 4 is 60.5 Å². The van der Waals surface area contributed by atoms with Crippen LogP contribution in [0.2, 0.25) is 0 Å². The third-order valence-corrected chi connectivity index (χ3v) is 11.1. The first-order valence-corrected chi connectivity index (χ1v) is 19.5. The number of anilines is 3. The summed E-state index contributed by atoms with van der Waals surface area (Å²) in [7, 11) is 0. The molecule has 0 atom stereocenters. The summed E-state index contributed by atoms with van der Waals surface area (Å²) >= 11 is 0. The van der Waals surface area contributed by atoms with E-state index in [1.807, 2.05) is 126 Å². The molecule has 0 amide bonds. The maximum Gasteiger partial charge on any atom is 0.143 e. The highest BCUT2D eigenvalue weighted by molar-refractivity contribution is 6.19. The van der Waals surface area contributed by atoms with E-state index in [0.29, 0.717) is 16.9 Å². The first kappa shape index (κ1) is 29.6. The van der Waals surface area contributed by atoms with Gasteiger partial charge in [0.05, 0.1) is 11.2 Å². The number of fused-ring (bicyclic) bond motifs is 6. The van der Waals surface area contributed by atoms with Gasteiger partial charge in [0.1, 0.15) is 11.2 Å². The van der Waals surface area contributed by atoms with Crippen molar-refractivity contribution in [2.75, 3.05) is 4.90 Å². The third-order valence-electron chi connectivity index (χ3n) is 11.1. The predicted molar refractivity (Wildman–Crippen MR) is 245 cm³/mol. The van der Waals surface area contributed by atoms with E-state index in [2.05, 4.69) is 78.9 Å². The Kier molecular flexibility index (Phi) is 7.20. The molecule has 0 fully saturated rings. The van der Waals surface area contributed by atoms with E-state index in [4.69, 9.17) is 4.42 Å². The van der Waals surface area contributed by atoms with E-state index in [9.17, 15) is 5.48 Å². The highest BCUT2D eigenvalue weighted by atomic mass is 16.3. The molecule has 0 radical (unpaired) electrons. The van der Waals surface area contributed by atoms with Crippen LogP contribution in [0.15, 0.2) is 229 Å². The first-order valence-electron chi connectivity index (χ1n) is 21.5. The van der Waals surface area contributed by atoms with Crippen molar-refractivity contribution in [2.45, 2.75) is 0 Å². The Hall–Kier alpha value is -7.68. The highest BCUT2D eigenvalue weighted by Gasteiger charge is 2.21. The average Bonchev–Trinajstić information content (AvgIpc) is 3.72. The van der Waals surface area contributed by atoms with Gasteiger partial charge in [0.15, 0.2) is 0 Å². The molecule has 1 aromatic heterocycles. The number of hydrogen-bond donors (Lipinski definition) is 0. The van der Waals surface area contributed by atoms with Gasteiger partial charge in [-0.1, -0.05) is 176 Å². The van der Waals surface area contributed by atoms with Crippen LogP contribution >= 0.6 is 0 Å². The highest BCUT2D eigenvalue weighted by Crippen LogP contribution is 2.46. The lowest BCUT2D eigenvalue weighted by Crippen LogP contribution is -2.11. The number of furan rings is 1. The smallest absolute Gasteiger partial charge is 0.143 e. The zero-order valence-corrected chi connectivity index (χ0v) is 31.4. The number of nitrogens with zero attached hydrogens (tertiary/aromatic N) is 1. The number of hydrogen-bond acceptors (Lipinski definition) is 2. The Morgan fingerprint density at radius 1 is 0.362 bits per heavy atom. The standard InChI is InChI=1S/C56H37NO/c1-2-11-38(12-3-1)40-21-23-41(24-22-40)42-27-32-47(33-28-42)57(48-34-29-43(30-35-48)46-26-25-39-13-4-5-14-45(39)37-46)53-19-8-6-16-49(53)51-18-10-15-44-31-36-52-50-17-7-9-20-54(50)58-56(52)55(44)51/h1-37H/i27D,28D,32D,33D. The summed E-state index contributed by atoms with van der Waals surface area (Å²) in [6.45, 7) is 0. The van der Waals surface area contributed by atoms with Crippen molar-refractivity contribution in [3.63, 3.8) is 0 Å². The van der Waals surface area contributed by atoms with Crippen LogP contribution in [0.1, 0.15) is 5.48 Å². The molecule has 58 heavy (non-hydrogen) atoms. The van der Waals surface area contributed by atoms with Gasteiger partial charge in [-0.15, -0.1) is 0 Å². The number of rotatable bonds is 7. The Morgan fingerprint density at radius 3 is 1.78 bits per heavy atom. The minimum atomic E-state index is -0.140. The van der Waals surface area contributed by atoms with Gasteiger partial charge in [-0.05, 0) is 104 Å². The zero-order chi connectivity index (χ0) is 41.9. The van der Waals surface area contributed by atoms with Crippen molar-refractivity contribution in [1.82, 2.24) is 0 Å². The fourth-order valence-electron chi connectivity index (χ4n) is 8.26. The lowest BCUT2D eigenvalue weighted by molar-refractivity contribution is 0.673. The maximum absolute atomic E-state index is 9.71. The van der Waals surface area contributed by atoms with Gasteiger partial charge in [0.25, 0.3) is 0 Å². The SMILES string of the molecule is [2H]c1c([2H])c(N(c2ccc(-c3ccc4ccccc4c3)cc2)c2ccccc2-c2cccc3ccc4c5ccccc5oc4c23)c([2H])c([2H])c1-c1ccc(-c2ccccc2)cc1. The minimum absolute atomic E-state index is 0.113. The molecule has 0 spiro atoms. The average molecular weight is 744 g/mol. The Bertz CT molecular complexity index is 3480. The second kappa shape index (κ2) is 14.1. The van der Waals surface area contributed by atoms with Crippen LogP contribution in [0.5, 0.6) is 0 Å². The van der Waals surface area contributed by atoms with Crippen LogP contribution in [0, 0.1) is 0 Å².